The highest BCUT2D eigenvalue weighted by atomic mass is 16.5. The number of hydrogen-bond donors (Lipinski definition) is 1. The Kier molecular flexibility index (Phi) is 8.72. The lowest BCUT2D eigenvalue weighted by molar-refractivity contribution is -0.122. The number of ether oxygens (including phenoxy) is 2. The molecule has 2 amide bonds. The molecule has 3 heterocycles. The molecule has 1 N–H and O–H groups in total. The van der Waals surface area contributed by atoms with Crippen LogP contribution in [0, 0.1) is 5.41 Å². The number of benzene rings is 2. The van der Waals surface area contributed by atoms with Crippen LogP contribution in [-0.4, -0.2) is 59.8 Å². The van der Waals surface area contributed by atoms with Gasteiger partial charge in [0.1, 0.15) is 17.2 Å². The van der Waals surface area contributed by atoms with Crippen LogP contribution in [0.2, 0.25) is 0 Å². The highest BCUT2D eigenvalue weighted by Crippen LogP contribution is 2.37. The first-order chi connectivity index (χ1) is 19.5. The summed E-state index contributed by atoms with van der Waals surface area (Å²) in [6, 6.07) is 17.8. The molecular weight excluding hydrogens is 504 g/mol. The number of hydrogen-bond acceptors (Lipinski definition) is 5. The molecule has 0 atom stereocenters. The number of para-hydroxylation sites is 1. The van der Waals surface area contributed by atoms with Crippen molar-refractivity contribution in [2.75, 3.05) is 33.4 Å². The SMILES string of the molecule is COc1ccc(-c2cc(C(=O)N3CCC4(CCCCc5ccccc5OCCCC(=O)NC4)CC3)n(C)n2)cc1. The van der Waals surface area contributed by atoms with E-state index in [0.29, 0.717) is 44.8 Å². The van der Waals surface area contributed by atoms with Crippen LogP contribution in [0.3, 0.4) is 0 Å². The monoisotopic (exact) mass is 544 g/mol. The van der Waals surface area contributed by atoms with E-state index >= 15 is 0 Å². The Morgan fingerprint density at radius 3 is 2.55 bits per heavy atom. The predicted molar refractivity (Wildman–Crippen MR) is 155 cm³/mol. The van der Waals surface area contributed by atoms with Gasteiger partial charge in [-0.3, -0.25) is 14.3 Å². The molecule has 8 nitrogen and oxygen atoms in total. The molecule has 8 heteroatoms. The Hall–Kier alpha value is -3.81. The summed E-state index contributed by atoms with van der Waals surface area (Å²) in [6.45, 7) is 2.56. The average molecular weight is 545 g/mol. The number of likely N-dealkylation sites (tertiary alicyclic amines) is 1. The van der Waals surface area contributed by atoms with Crippen LogP contribution in [0.15, 0.2) is 54.6 Å². The first kappa shape index (κ1) is 27.7. The number of piperidine rings is 1. The van der Waals surface area contributed by atoms with E-state index in [1.165, 1.54) is 5.56 Å². The number of rotatable bonds is 3. The van der Waals surface area contributed by atoms with Crippen LogP contribution in [0.1, 0.15) is 61.0 Å². The first-order valence-corrected chi connectivity index (χ1v) is 14.4. The fraction of sp³-hybridized carbons (Fsp3) is 0.469. The van der Waals surface area contributed by atoms with E-state index in [1.54, 1.807) is 11.8 Å². The lowest BCUT2D eigenvalue weighted by atomic mass is 9.74. The van der Waals surface area contributed by atoms with E-state index in [2.05, 4.69) is 22.5 Å². The van der Waals surface area contributed by atoms with E-state index < -0.39 is 0 Å². The molecule has 0 aliphatic carbocycles. The van der Waals surface area contributed by atoms with Crippen LogP contribution in [0.5, 0.6) is 11.5 Å². The molecule has 1 saturated heterocycles. The number of aromatic nitrogens is 2. The summed E-state index contributed by atoms with van der Waals surface area (Å²) < 4.78 is 12.9. The van der Waals surface area contributed by atoms with Gasteiger partial charge < -0.3 is 19.7 Å². The molecule has 1 spiro atoms. The van der Waals surface area contributed by atoms with Crippen molar-refractivity contribution in [1.82, 2.24) is 20.0 Å². The smallest absolute Gasteiger partial charge is 0.272 e. The molecule has 5 rings (SSSR count). The molecular formula is C32H40N4O4. The van der Waals surface area contributed by atoms with Crippen LogP contribution in [0.25, 0.3) is 11.3 Å². The van der Waals surface area contributed by atoms with Crippen LogP contribution in [0.4, 0.5) is 0 Å². The normalized spacial score (nSPS) is 18.2. The quantitative estimate of drug-likeness (QED) is 0.501. The number of amides is 2. The topological polar surface area (TPSA) is 85.7 Å². The molecule has 2 aliphatic heterocycles. The van der Waals surface area contributed by atoms with Gasteiger partial charge in [-0.1, -0.05) is 24.6 Å². The third-order valence-electron chi connectivity index (χ3n) is 8.44. The highest BCUT2D eigenvalue weighted by Gasteiger charge is 2.36. The number of aryl methyl sites for hydroxylation is 2. The van der Waals surface area contributed by atoms with Gasteiger partial charge in [0, 0.05) is 38.7 Å². The molecule has 1 aromatic heterocycles. The van der Waals surface area contributed by atoms with E-state index in [-0.39, 0.29) is 17.2 Å². The zero-order chi connectivity index (χ0) is 28.0. The largest absolute Gasteiger partial charge is 0.497 e. The van der Waals surface area contributed by atoms with Gasteiger partial charge in [0.25, 0.3) is 5.91 Å². The zero-order valence-electron chi connectivity index (χ0n) is 23.7. The molecule has 0 bridgehead atoms. The lowest BCUT2D eigenvalue weighted by Gasteiger charge is -2.42. The maximum atomic E-state index is 13.5. The summed E-state index contributed by atoms with van der Waals surface area (Å²) in [4.78, 5) is 28.1. The van der Waals surface area contributed by atoms with Crippen molar-refractivity contribution in [2.45, 2.75) is 51.4 Å². The lowest BCUT2D eigenvalue weighted by Crippen LogP contribution is -2.48. The van der Waals surface area contributed by atoms with Crippen molar-refractivity contribution < 1.29 is 19.1 Å². The van der Waals surface area contributed by atoms with Crippen molar-refractivity contribution in [2.24, 2.45) is 12.5 Å². The second kappa shape index (κ2) is 12.6. The summed E-state index contributed by atoms with van der Waals surface area (Å²) in [6.07, 6.45) is 7.07. The molecule has 0 radical (unpaired) electrons. The van der Waals surface area contributed by atoms with Crippen molar-refractivity contribution in [1.29, 1.82) is 0 Å². The Bertz CT molecular complexity index is 1310. The summed E-state index contributed by atoms with van der Waals surface area (Å²) in [7, 11) is 3.46. The van der Waals surface area contributed by atoms with Crippen molar-refractivity contribution in [3.8, 4) is 22.8 Å². The number of carbonyl (C=O) groups is 2. The van der Waals surface area contributed by atoms with Gasteiger partial charge in [0.15, 0.2) is 0 Å². The second-order valence-electron chi connectivity index (χ2n) is 11.1. The molecule has 2 aromatic carbocycles. The summed E-state index contributed by atoms with van der Waals surface area (Å²) >= 11 is 0. The fourth-order valence-electron chi connectivity index (χ4n) is 5.89. The maximum Gasteiger partial charge on any atom is 0.272 e. The fourth-order valence-corrected chi connectivity index (χ4v) is 5.89. The van der Waals surface area contributed by atoms with Gasteiger partial charge in [0.2, 0.25) is 5.91 Å². The van der Waals surface area contributed by atoms with E-state index in [4.69, 9.17) is 9.47 Å². The highest BCUT2D eigenvalue weighted by molar-refractivity contribution is 5.93. The Morgan fingerprint density at radius 1 is 1.00 bits per heavy atom. The first-order valence-electron chi connectivity index (χ1n) is 14.4. The molecule has 212 valence electrons. The average Bonchev–Trinajstić information content (AvgIpc) is 3.38. The van der Waals surface area contributed by atoms with Gasteiger partial charge in [-0.05, 0) is 85.9 Å². The van der Waals surface area contributed by atoms with Crippen molar-refractivity contribution >= 4 is 11.8 Å². The van der Waals surface area contributed by atoms with Gasteiger partial charge in [-0.2, -0.15) is 5.10 Å². The second-order valence-corrected chi connectivity index (χ2v) is 11.1. The van der Waals surface area contributed by atoms with Gasteiger partial charge in [-0.15, -0.1) is 0 Å². The van der Waals surface area contributed by atoms with E-state index in [9.17, 15) is 9.59 Å². The maximum absolute atomic E-state index is 13.5. The molecule has 2 aliphatic rings. The Balaban J connectivity index is 1.24. The number of nitrogens with one attached hydrogen (secondary N) is 1. The molecule has 0 unspecified atom stereocenters. The van der Waals surface area contributed by atoms with Crippen molar-refractivity contribution in [3.05, 3.63) is 65.9 Å². The van der Waals surface area contributed by atoms with Gasteiger partial charge in [-0.25, -0.2) is 0 Å². The van der Waals surface area contributed by atoms with Crippen molar-refractivity contribution in [3.63, 3.8) is 0 Å². The molecule has 0 saturated carbocycles. The standard InChI is InChI=1S/C32H40N4O4/c1-35-28(22-27(34-35)24-12-14-26(39-2)15-13-24)31(38)36-19-17-32(18-20-36)16-6-5-9-25-8-3-4-10-29(25)40-21-7-11-30(37)33-23-32/h3-4,8,10,12-15,22H,5-7,9,11,16-21,23H2,1-2H3,(H,33,37). The Labute approximate surface area is 236 Å². The van der Waals surface area contributed by atoms with Crippen LogP contribution in [-0.2, 0) is 18.3 Å². The number of fused-ring (bicyclic) bond motifs is 1. The number of carbonyl (C=O) groups excluding carboxylic acids is 2. The predicted octanol–water partition coefficient (Wildman–Crippen LogP) is 5.02. The minimum Gasteiger partial charge on any atom is -0.497 e. The summed E-state index contributed by atoms with van der Waals surface area (Å²) in [5, 5.41) is 7.81. The molecule has 1 fully saturated rings. The number of methoxy groups -OCH3 is 1. The molecule has 40 heavy (non-hydrogen) atoms. The third-order valence-corrected chi connectivity index (χ3v) is 8.44. The zero-order valence-corrected chi connectivity index (χ0v) is 23.7. The van der Waals surface area contributed by atoms with E-state index in [1.807, 2.05) is 54.4 Å². The summed E-state index contributed by atoms with van der Waals surface area (Å²) in [5.41, 5.74) is 3.54. The van der Waals surface area contributed by atoms with Gasteiger partial charge >= 0.3 is 0 Å². The van der Waals surface area contributed by atoms with Gasteiger partial charge in [0.05, 0.1) is 19.4 Å². The summed E-state index contributed by atoms with van der Waals surface area (Å²) in [5.74, 6) is 1.80. The van der Waals surface area contributed by atoms with Crippen LogP contribution < -0.4 is 14.8 Å². The minimum absolute atomic E-state index is 0.00569. The minimum atomic E-state index is 0.00569. The van der Waals surface area contributed by atoms with E-state index in [0.717, 1.165) is 61.3 Å². The third kappa shape index (κ3) is 6.49. The Morgan fingerprint density at radius 2 is 1.77 bits per heavy atom. The van der Waals surface area contributed by atoms with Crippen LogP contribution >= 0.6 is 0 Å². The molecule has 3 aromatic rings. The number of nitrogens with zero attached hydrogens (tertiary/aromatic N) is 3.